The molecule has 0 fully saturated rings. The van der Waals surface area contributed by atoms with Gasteiger partial charge in [-0.3, -0.25) is 4.98 Å². The molecule has 0 saturated carbocycles. The minimum absolute atomic E-state index is 0.154. The monoisotopic (exact) mass is 382 g/mol. The normalized spacial score (nSPS) is 15.7. The fraction of sp³-hybridized carbons (Fsp3) is 0.421. The quantitative estimate of drug-likeness (QED) is 0.861. The third-order valence-corrected chi connectivity index (χ3v) is 6.30. The molecule has 1 unspecified atom stereocenters. The summed E-state index contributed by atoms with van der Waals surface area (Å²) in [6.45, 7) is 7.14. The molecule has 0 aliphatic rings. The largest absolute Gasteiger partial charge is 0.392 e. The molecule has 0 bridgehead atoms. The Balaban J connectivity index is 2.67. The van der Waals surface area contributed by atoms with Crippen LogP contribution >= 0.6 is 0 Å². The van der Waals surface area contributed by atoms with Crippen molar-refractivity contribution in [2.24, 2.45) is 0 Å². The fourth-order valence-corrected chi connectivity index (χ4v) is 4.02. The molecule has 2 aromatic rings. The first kappa shape index (κ1) is 20.6. The summed E-state index contributed by atoms with van der Waals surface area (Å²) in [5.74, 6) is -1.92. The number of hydrogen-bond acceptors (Lipinski definition) is 3. The van der Waals surface area contributed by atoms with Crippen LogP contribution in [0.2, 0.25) is 0 Å². The zero-order valence-corrected chi connectivity index (χ0v) is 16.4. The van der Waals surface area contributed by atoms with E-state index in [9.17, 15) is 18.1 Å². The molecule has 1 aromatic heterocycles. The van der Waals surface area contributed by atoms with Gasteiger partial charge in [0, 0.05) is 13.2 Å². The Kier molecular flexibility index (Phi) is 5.95. The summed E-state index contributed by atoms with van der Waals surface area (Å²) in [6, 6.07) is 7.03. The van der Waals surface area contributed by atoms with Crippen molar-refractivity contribution in [1.82, 2.24) is 9.29 Å². The van der Waals surface area contributed by atoms with Crippen LogP contribution in [0.1, 0.15) is 44.5 Å². The maximum atomic E-state index is 13.9. The zero-order chi connectivity index (χ0) is 19.7. The molecule has 0 saturated heterocycles. The first-order valence-electron chi connectivity index (χ1n) is 8.19. The first-order chi connectivity index (χ1) is 12.0. The highest BCUT2D eigenvalue weighted by atomic mass is 32.2. The summed E-state index contributed by atoms with van der Waals surface area (Å²) in [5, 5.41) is 9.23. The molecule has 2 atom stereocenters. The number of hydrogen-bond donors (Lipinski definition) is 1. The molecule has 0 aliphatic heterocycles. The van der Waals surface area contributed by atoms with E-state index >= 15 is 0 Å². The molecule has 0 aliphatic carbocycles. The van der Waals surface area contributed by atoms with E-state index in [1.165, 1.54) is 12.3 Å². The molecule has 1 N–H and O–H groups in total. The van der Waals surface area contributed by atoms with E-state index in [0.29, 0.717) is 16.8 Å². The predicted molar refractivity (Wildman–Crippen MR) is 98.6 cm³/mol. The number of aliphatic hydroxyl groups is 1. The van der Waals surface area contributed by atoms with Crippen LogP contribution in [-0.4, -0.2) is 30.4 Å². The number of halogens is 2. The number of aromatic nitrogens is 1. The Morgan fingerprint density at radius 2 is 1.77 bits per heavy atom. The van der Waals surface area contributed by atoms with E-state index < -0.39 is 32.9 Å². The Morgan fingerprint density at radius 3 is 2.23 bits per heavy atom. The van der Waals surface area contributed by atoms with Crippen LogP contribution in [0.25, 0.3) is 0 Å². The summed E-state index contributed by atoms with van der Waals surface area (Å²) >= 11 is 0. The van der Waals surface area contributed by atoms with Gasteiger partial charge in [-0.1, -0.05) is 12.1 Å². The minimum Gasteiger partial charge on any atom is -0.392 e. The third-order valence-electron chi connectivity index (χ3n) is 4.39. The zero-order valence-electron chi connectivity index (χ0n) is 15.6. The second-order valence-corrected chi connectivity index (χ2v) is 9.54. The van der Waals surface area contributed by atoms with Gasteiger partial charge in [-0.25, -0.2) is 17.3 Å². The van der Waals surface area contributed by atoms with Crippen molar-refractivity contribution in [1.29, 1.82) is 0 Å². The van der Waals surface area contributed by atoms with E-state index in [2.05, 4.69) is 4.98 Å². The van der Waals surface area contributed by atoms with Crippen molar-refractivity contribution in [3.8, 4) is 0 Å². The van der Waals surface area contributed by atoms with Crippen molar-refractivity contribution in [2.45, 2.75) is 44.6 Å². The van der Waals surface area contributed by atoms with E-state index in [1.807, 2.05) is 20.8 Å². The van der Waals surface area contributed by atoms with Gasteiger partial charge in [-0.15, -0.1) is 0 Å². The van der Waals surface area contributed by atoms with Crippen LogP contribution in [0, 0.1) is 11.6 Å². The van der Waals surface area contributed by atoms with Crippen molar-refractivity contribution >= 4 is 11.0 Å². The molecule has 1 heterocycles. The van der Waals surface area contributed by atoms with Gasteiger partial charge in [0.15, 0.2) is 11.6 Å². The molecular weight excluding hydrogens is 358 g/mol. The van der Waals surface area contributed by atoms with Gasteiger partial charge >= 0.3 is 0 Å². The molecular formula is C19H24F2N2O2S. The lowest BCUT2D eigenvalue weighted by atomic mass is 9.88. The van der Waals surface area contributed by atoms with Crippen LogP contribution in [0.15, 0.2) is 36.5 Å². The molecule has 1 aromatic carbocycles. The average molecular weight is 382 g/mol. The minimum atomic E-state index is -1.44. The van der Waals surface area contributed by atoms with Crippen LogP contribution in [0.5, 0.6) is 0 Å². The highest BCUT2D eigenvalue weighted by Gasteiger charge is 2.41. The lowest BCUT2D eigenvalue weighted by Gasteiger charge is -2.40. The summed E-state index contributed by atoms with van der Waals surface area (Å²) in [4.78, 5) is 4.38. The molecule has 0 radical (unpaired) electrons. The molecule has 0 amide bonds. The number of pyridine rings is 1. The molecule has 2 rings (SSSR count). The molecule has 0 spiro atoms. The highest BCUT2D eigenvalue weighted by molar-refractivity contribution is 7.84. The Hall–Kier alpha value is -1.70. The number of benzene rings is 1. The van der Waals surface area contributed by atoms with E-state index in [0.717, 1.165) is 12.1 Å². The summed E-state index contributed by atoms with van der Waals surface area (Å²) < 4.78 is 41.5. The van der Waals surface area contributed by atoms with E-state index in [-0.39, 0.29) is 6.61 Å². The van der Waals surface area contributed by atoms with Crippen molar-refractivity contribution in [3.05, 3.63) is 65.0 Å². The molecule has 142 valence electrons. The van der Waals surface area contributed by atoms with Crippen LogP contribution in [-0.2, 0) is 23.1 Å². The van der Waals surface area contributed by atoms with Crippen molar-refractivity contribution < 1.29 is 18.1 Å². The fourth-order valence-electron chi connectivity index (χ4n) is 2.67. The number of aliphatic hydroxyl groups excluding tert-OH is 1. The smallest absolute Gasteiger partial charge is 0.159 e. The third kappa shape index (κ3) is 3.84. The predicted octanol–water partition coefficient (Wildman–Crippen LogP) is 3.51. The van der Waals surface area contributed by atoms with Crippen LogP contribution < -0.4 is 0 Å². The van der Waals surface area contributed by atoms with Gasteiger partial charge in [0.05, 0.1) is 22.6 Å². The van der Waals surface area contributed by atoms with Crippen LogP contribution in [0.4, 0.5) is 8.78 Å². The van der Waals surface area contributed by atoms with Gasteiger partial charge in [-0.2, -0.15) is 0 Å². The summed E-state index contributed by atoms with van der Waals surface area (Å²) in [7, 11) is 0.227. The van der Waals surface area contributed by atoms with Gasteiger partial charge < -0.3 is 5.11 Å². The maximum absolute atomic E-state index is 13.9. The van der Waals surface area contributed by atoms with E-state index in [4.69, 9.17) is 0 Å². The second kappa shape index (κ2) is 7.50. The Morgan fingerprint density at radius 1 is 1.12 bits per heavy atom. The van der Waals surface area contributed by atoms with Crippen molar-refractivity contribution in [2.75, 3.05) is 7.05 Å². The number of nitrogens with zero attached hydrogens (tertiary/aromatic N) is 2. The molecule has 4 nitrogen and oxygen atoms in total. The summed E-state index contributed by atoms with van der Waals surface area (Å²) in [5.41, 5.74) is 0.503. The SMILES string of the molecule is CN([S@](=O)C(C)(C)C)C(C)(c1ccc(F)c(F)c1)c1ccc(CO)cn1. The van der Waals surface area contributed by atoms with Gasteiger partial charge in [0.1, 0.15) is 11.0 Å². The standard InChI is InChI=1S/C19H24F2N2O2S/c1-18(2,3)26(25)23(5)19(4,14-7-8-15(20)16(21)10-14)17-9-6-13(12-24)11-22-17/h6-11,24H,12H2,1-5H3/t19?,26-/m1/s1. The summed E-state index contributed by atoms with van der Waals surface area (Å²) in [6.07, 6.45) is 1.52. The topological polar surface area (TPSA) is 53.4 Å². The first-order valence-corrected chi connectivity index (χ1v) is 9.30. The van der Waals surface area contributed by atoms with Gasteiger partial charge in [-0.05, 0) is 57.0 Å². The van der Waals surface area contributed by atoms with Gasteiger partial charge in [0.2, 0.25) is 0 Å². The van der Waals surface area contributed by atoms with E-state index in [1.54, 1.807) is 30.4 Å². The lowest BCUT2D eigenvalue weighted by molar-refractivity contribution is 0.279. The Bertz CT molecular complexity index is 806. The van der Waals surface area contributed by atoms with Gasteiger partial charge in [0.25, 0.3) is 0 Å². The average Bonchev–Trinajstić information content (AvgIpc) is 2.61. The highest BCUT2D eigenvalue weighted by Crippen LogP contribution is 2.37. The molecule has 7 heteroatoms. The Labute approximate surface area is 155 Å². The van der Waals surface area contributed by atoms with Crippen LogP contribution in [0.3, 0.4) is 0 Å². The second-order valence-electron chi connectivity index (χ2n) is 7.27. The van der Waals surface area contributed by atoms with Crippen molar-refractivity contribution in [3.63, 3.8) is 0 Å². The maximum Gasteiger partial charge on any atom is 0.159 e. The lowest BCUT2D eigenvalue weighted by Crippen LogP contribution is -2.48. The molecule has 26 heavy (non-hydrogen) atoms. The number of rotatable bonds is 5.